The molecule has 0 spiro atoms. The van der Waals surface area contributed by atoms with Gasteiger partial charge >= 0.3 is 0 Å². The van der Waals surface area contributed by atoms with Gasteiger partial charge in [-0.2, -0.15) is 10.4 Å². The molecule has 2 heterocycles. The molecule has 176 valence electrons. The molecule has 4 rings (SSSR count). The number of thioether (sulfide) groups is 1. The van der Waals surface area contributed by atoms with Crippen molar-refractivity contribution >= 4 is 11.8 Å². The quantitative estimate of drug-likeness (QED) is 0.259. The van der Waals surface area contributed by atoms with Crippen LogP contribution in [0.5, 0.6) is 0 Å². The first-order chi connectivity index (χ1) is 17.0. The second kappa shape index (κ2) is 11.6. The third kappa shape index (κ3) is 6.63. The maximum atomic E-state index is 12.5. The molecule has 35 heavy (non-hydrogen) atoms. The van der Waals surface area contributed by atoms with Gasteiger partial charge in [0.2, 0.25) is 0 Å². The van der Waals surface area contributed by atoms with Crippen LogP contribution in [0.1, 0.15) is 17.5 Å². The summed E-state index contributed by atoms with van der Waals surface area (Å²) in [7, 11) is 4.16. The zero-order valence-electron chi connectivity index (χ0n) is 19.8. The lowest BCUT2D eigenvalue weighted by Gasteiger charge is -2.09. The van der Waals surface area contributed by atoms with Gasteiger partial charge in [-0.05, 0) is 62.6 Å². The molecular formula is C27H26N6OS. The van der Waals surface area contributed by atoms with Gasteiger partial charge in [0.25, 0.3) is 5.56 Å². The van der Waals surface area contributed by atoms with E-state index in [1.54, 1.807) is 30.0 Å². The van der Waals surface area contributed by atoms with Crippen molar-refractivity contribution in [3.63, 3.8) is 0 Å². The maximum absolute atomic E-state index is 12.5. The molecule has 0 aliphatic heterocycles. The third-order valence-electron chi connectivity index (χ3n) is 5.32. The molecule has 0 unspecified atom stereocenters. The largest absolute Gasteiger partial charge is 0.309 e. The Bertz CT molecular complexity index is 1390. The molecule has 0 aliphatic rings. The highest BCUT2D eigenvalue weighted by Crippen LogP contribution is 2.21. The zero-order chi connectivity index (χ0) is 24.6. The Labute approximate surface area is 209 Å². The van der Waals surface area contributed by atoms with Crippen LogP contribution in [-0.2, 0) is 6.54 Å². The van der Waals surface area contributed by atoms with Crippen molar-refractivity contribution in [2.45, 2.75) is 17.9 Å². The Balaban J connectivity index is 1.49. The number of nitriles is 1. The van der Waals surface area contributed by atoms with Crippen LogP contribution in [0.15, 0.2) is 82.7 Å². The van der Waals surface area contributed by atoms with E-state index in [9.17, 15) is 4.79 Å². The highest BCUT2D eigenvalue weighted by molar-refractivity contribution is 7.99. The summed E-state index contributed by atoms with van der Waals surface area (Å²) in [6, 6.07) is 20.3. The standard InChI is InChI=1S/C27H26N6OS/c1-32(2)12-5-13-35-24-17-29-27(30-18-24)23-9-4-7-21(15-23)19-33-26(34)11-10-25(31-33)22-8-3-6-20(14-22)16-28/h3-4,6-11,14-15,17-18H,5,12-13,19H2,1-2H3. The number of hydrogen-bond acceptors (Lipinski definition) is 7. The highest BCUT2D eigenvalue weighted by atomic mass is 32.2. The van der Waals surface area contributed by atoms with E-state index in [-0.39, 0.29) is 5.56 Å². The Morgan fingerprint density at radius 3 is 2.54 bits per heavy atom. The van der Waals surface area contributed by atoms with E-state index in [1.165, 1.54) is 10.7 Å². The number of aromatic nitrogens is 4. The number of benzene rings is 2. The molecule has 0 saturated heterocycles. The Morgan fingerprint density at radius 2 is 1.77 bits per heavy atom. The van der Waals surface area contributed by atoms with E-state index in [1.807, 2.05) is 48.8 Å². The fraction of sp³-hybridized carbons (Fsp3) is 0.222. The first-order valence-corrected chi connectivity index (χ1v) is 12.3. The van der Waals surface area contributed by atoms with Crippen LogP contribution in [0.2, 0.25) is 0 Å². The van der Waals surface area contributed by atoms with E-state index >= 15 is 0 Å². The lowest BCUT2D eigenvalue weighted by Crippen LogP contribution is -2.22. The minimum absolute atomic E-state index is 0.192. The van der Waals surface area contributed by atoms with Gasteiger partial charge in [-0.3, -0.25) is 4.79 Å². The van der Waals surface area contributed by atoms with Crippen LogP contribution in [0.4, 0.5) is 0 Å². The maximum Gasteiger partial charge on any atom is 0.267 e. The average Bonchev–Trinajstić information content (AvgIpc) is 2.88. The molecule has 0 amide bonds. The second-order valence-electron chi connectivity index (χ2n) is 8.36. The average molecular weight is 483 g/mol. The van der Waals surface area contributed by atoms with Crippen molar-refractivity contribution in [3.8, 4) is 28.7 Å². The van der Waals surface area contributed by atoms with Crippen molar-refractivity contribution in [1.29, 1.82) is 5.26 Å². The van der Waals surface area contributed by atoms with Crippen LogP contribution in [-0.4, -0.2) is 51.0 Å². The number of nitrogens with zero attached hydrogens (tertiary/aromatic N) is 6. The summed E-state index contributed by atoms with van der Waals surface area (Å²) in [4.78, 5) is 24.8. The molecule has 4 aromatic rings. The lowest BCUT2D eigenvalue weighted by molar-refractivity contribution is 0.410. The SMILES string of the molecule is CN(C)CCCSc1cnc(-c2cccc(Cn3nc(-c4cccc(C#N)c4)ccc3=O)c2)nc1. The molecule has 7 nitrogen and oxygen atoms in total. The molecule has 0 atom stereocenters. The summed E-state index contributed by atoms with van der Waals surface area (Å²) in [6.07, 6.45) is 4.83. The van der Waals surface area contributed by atoms with Crippen LogP contribution < -0.4 is 5.56 Å². The van der Waals surface area contributed by atoms with Crippen LogP contribution in [0, 0.1) is 11.3 Å². The third-order valence-corrected chi connectivity index (χ3v) is 6.36. The predicted molar refractivity (Wildman–Crippen MR) is 139 cm³/mol. The molecule has 0 saturated carbocycles. The van der Waals surface area contributed by atoms with Crippen molar-refractivity contribution in [2.75, 3.05) is 26.4 Å². The molecule has 0 aliphatic carbocycles. The summed E-state index contributed by atoms with van der Waals surface area (Å²) < 4.78 is 1.43. The molecule has 0 bridgehead atoms. The molecule has 2 aromatic heterocycles. The second-order valence-corrected chi connectivity index (χ2v) is 9.52. The van der Waals surface area contributed by atoms with Crippen LogP contribution in [0.3, 0.4) is 0 Å². The van der Waals surface area contributed by atoms with Crippen LogP contribution >= 0.6 is 11.8 Å². The van der Waals surface area contributed by atoms with E-state index in [4.69, 9.17) is 5.26 Å². The van der Waals surface area contributed by atoms with Gasteiger partial charge in [-0.25, -0.2) is 14.6 Å². The Hall–Kier alpha value is -3.80. The zero-order valence-corrected chi connectivity index (χ0v) is 20.6. The van der Waals surface area contributed by atoms with E-state index in [0.717, 1.165) is 40.3 Å². The number of rotatable bonds is 9. The summed E-state index contributed by atoms with van der Waals surface area (Å²) in [5.41, 5.74) is 3.60. The lowest BCUT2D eigenvalue weighted by atomic mass is 10.1. The summed E-state index contributed by atoms with van der Waals surface area (Å²) in [6.45, 7) is 1.38. The molecule has 0 radical (unpaired) electrons. The highest BCUT2D eigenvalue weighted by Gasteiger charge is 2.08. The van der Waals surface area contributed by atoms with Gasteiger partial charge in [0.05, 0.1) is 23.9 Å². The summed E-state index contributed by atoms with van der Waals surface area (Å²) in [5, 5.41) is 13.7. The molecular weight excluding hydrogens is 456 g/mol. The normalized spacial score (nSPS) is 10.9. The van der Waals surface area contributed by atoms with Crippen molar-refractivity contribution in [1.82, 2.24) is 24.6 Å². The fourth-order valence-corrected chi connectivity index (χ4v) is 4.32. The fourth-order valence-electron chi connectivity index (χ4n) is 3.56. The van der Waals surface area contributed by atoms with E-state index < -0.39 is 0 Å². The smallest absolute Gasteiger partial charge is 0.267 e. The molecule has 8 heteroatoms. The Kier molecular flexibility index (Phi) is 8.03. The van der Waals surface area contributed by atoms with Crippen LogP contribution in [0.25, 0.3) is 22.6 Å². The van der Waals surface area contributed by atoms with Crippen molar-refractivity contribution < 1.29 is 0 Å². The van der Waals surface area contributed by atoms with Gasteiger partial charge in [0.1, 0.15) is 0 Å². The first kappa shape index (κ1) is 24.3. The minimum atomic E-state index is -0.192. The van der Waals surface area contributed by atoms with E-state index in [2.05, 4.69) is 40.1 Å². The van der Waals surface area contributed by atoms with E-state index in [0.29, 0.717) is 23.6 Å². The first-order valence-electron chi connectivity index (χ1n) is 11.3. The monoisotopic (exact) mass is 482 g/mol. The van der Waals surface area contributed by atoms with Crippen molar-refractivity contribution in [2.24, 2.45) is 0 Å². The van der Waals surface area contributed by atoms with Gasteiger partial charge in [0.15, 0.2) is 5.82 Å². The molecule has 0 N–H and O–H groups in total. The Morgan fingerprint density at radius 1 is 1.00 bits per heavy atom. The van der Waals surface area contributed by atoms with Gasteiger partial charge in [-0.15, -0.1) is 11.8 Å². The predicted octanol–water partition coefficient (Wildman–Crippen LogP) is 4.33. The van der Waals surface area contributed by atoms with Crippen molar-refractivity contribution in [3.05, 3.63) is 94.5 Å². The van der Waals surface area contributed by atoms with Gasteiger partial charge in [-0.1, -0.05) is 30.3 Å². The number of hydrogen-bond donors (Lipinski definition) is 0. The van der Waals surface area contributed by atoms with Gasteiger partial charge in [0, 0.05) is 34.5 Å². The molecule has 2 aromatic carbocycles. The van der Waals surface area contributed by atoms with Gasteiger partial charge < -0.3 is 4.90 Å². The summed E-state index contributed by atoms with van der Waals surface area (Å²) in [5.74, 6) is 1.67. The molecule has 0 fully saturated rings. The minimum Gasteiger partial charge on any atom is -0.309 e. The topological polar surface area (TPSA) is 87.7 Å². The summed E-state index contributed by atoms with van der Waals surface area (Å²) >= 11 is 1.76.